The number of hydrogen-bond donors (Lipinski definition) is 0. The van der Waals surface area contributed by atoms with Gasteiger partial charge in [-0.15, -0.1) is 0 Å². The summed E-state index contributed by atoms with van der Waals surface area (Å²) < 4.78 is 0. The summed E-state index contributed by atoms with van der Waals surface area (Å²) in [6.45, 7) is 0. The SMILES string of the molecule is O.O.O.O.O.O.O=C([O-])CSc1nc(SCC(=O)[O-])nc(SCC(=O)[O-])n1.O=C([O-])CSc1nc(SCC(=O)[O-])nc(SCC(=O)[O-])n1.[Er+3].[Er+3].[OH3+].[OH3+].[OH3+].[OH3+].[OH3+].[OH3+]. The third-order valence-electron chi connectivity index (χ3n) is 3.06. The molecular weight excluding hydrogens is 1210 g/mol. The number of aliphatic carboxylic acids is 6. The third kappa shape index (κ3) is 51.0. The fourth-order valence-corrected chi connectivity index (χ4v) is 5.41. The Bertz CT molecular complexity index is 1060. The maximum Gasteiger partial charge on any atom is 3.00 e. The van der Waals surface area contributed by atoms with Gasteiger partial charge < -0.3 is 125 Å². The molecule has 0 unspecified atom stereocenters. The summed E-state index contributed by atoms with van der Waals surface area (Å²) in [5, 5.41) is 62.5. The predicted octanol–water partition coefficient (Wildman–Crippen LogP) is -17.7. The van der Waals surface area contributed by atoms with Gasteiger partial charge in [0.15, 0.2) is 30.9 Å². The number of carbonyl (C=O) groups excluding carboxylic acids is 6. The number of aromatic nitrogens is 6. The Morgan fingerprint density at radius 1 is 0.304 bits per heavy atom. The van der Waals surface area contributed by atoms with Crippen LogP contribution in [0.1, 0.15) is 0 Å². The zero-order chi connectivity index (χ0) is 31.7. The van der Waals surface area contributed by atoms with E-state index in [9.17, 15) is 59.4 Å². The standard InChI is InChI=1S/2C9H9N3O6S3.2Er.12H2O/c2*13-4(14)1-19-7-10-8(20-2-5(15)16)12-9(11-7)21-3-6(17)18;;;;;;;;;;;;;;/h2*1-3H2,(H,13,14)(H,15,16)(H,17,18);;;12*1H2/q;;2*+3;;;;;;;;;;;;. The molecule has 0 amide bonds. The van der Waals surface area contributed by atoms with E-state index in [1.54, 1.807) is 0 Å². The van der Waals surface area contributed by atoms with Crippen LogP contribution in [0.15, 0.2) is 30.9 Å². The molecule has 30 nitrogen and oxygen atoms in total. The monoisotopic (exact) mass is 1250 g/mol. The first-order valence-corrected chi connectivity index (χ1v) is 16.1. The van der Waals surface area contributed by atoms with Gasteiger partial charge in [-0.3, -0.25) is 0 Å². The molecular formula is C18H42Er2N6O24S6+6. The molecule has 342 valence electrons. The normalized spacial score (nSPS) is 7.71. The fourth-order valence-electron chi connectivity index (χ4n) is 1.77. The van der Waals surface area contributed by atoms with Crippen LogP contribution >= 0.6 is 70.6 Å². The molecule has 2 aromatic rings. The van der Waals surface area contributed by atoms with E-state index in [2.05, 4.69) is 29.9 Å². The van der Waals surface area contributed by atoms with Crippen molar-refractivity contribution in [3.8, 4) is 0 Å². The molecule has 2 rings (SSSR count). The number of nitrogens with zero attached hydrogens (tertiary/aromatic N) is 6. The Kier molecular flexibility index (Phi) is 91.9. The van der Waals surface area contributed by atoms with E-state index in [4.69, 9.17) is 0 Å². The van der Waals surface area contributed by atoms with Crippen LogP contribution in [0.2, 0.25) is 0 Å². The molecule has 0 aliphatic carbocycles. The Morgan fingerprint density at radius 3 is 0.464 bits per heavy atom. The van der Waals surface area contributed by atoms with Gasteiger partial charge in [0.25, 0.3) is 0 Å². The molecule has 0 aliphatic heterocycles. The molecule has 56 heavy (non-hydrogen) atoms. The van der Waals surface area contributed by atoms with Crippen LogP contribution in [-0.2, 0) is 61.6 Å². The molecule has 2 aromatic heterocycles. The minimum atomic E-state index is -1.33. The average molecular weight is 1250 g/mol. The second-order valence-electron chi connectivity index (χ2n) is 6.33. The Labute approximate surface area is 397 Å². The zero-order valence-electron chi connectivity index (χ0n) is 27.3. The van der Waals surface area contributed by atoms with Gasteiger partial charge in [0.2, 0.25) is 0 Å². The molecule has 0 saturated heterocycles. The summed E-state index contributed by atoms with van der Waals surface area (Å²) in [6.07, 6.45) is 0. The van der Waals surface area contributed by atoms with E-state index in [0.29, 0.717) is 0 Å². The number of carboxylic acid groups (broad SMARTS) is 6. The summed E-state index contributed by atoms with van der Waals surface area (Å²) in [7, 11) is 0. The van der Waals surface area contributed by atoms with Gasteiger partial charge in [-0.05, 0) is 0 Å². The first-order chi connectivity index (χ1) is 19.7. The number of thioether (sulfide) groups is 6. The molecule has 0 spiro atoms. The summed E-state index contributed by atoms with van der Waals surface area (Å²) in [6, 6.07) is 0. The van der Waals surface area contributed by atoms with Crippen molar-refractivity contribution in [1.82, 2.24) is 29.9 Å². The van der Waals surface area contributed by atoms with E-state index in [-0.39, 0.29) is 171 Å². The maximum atomic E-state index is 10.4. The van der Waals surface area contributed by atoms with E-state index < -0.39 is 70.3 Å². The van der Waals surface area contributed by atoms with Crippen LogP contribution < -0.4 is 30.6 Å². The van der Waals surface area contributed by atoms with Crippen molar-refractivity contribution in [2.24, 2.45) is 0 Å². The molecule has 0 bridgehead atoms. The first-order valence-electron chi connectivity index (χ1n) is 10.2. The number of carbonyl (C=O) groups is 6. The van der Waals surface area contributed by atoms with Crippen LogP contribution in [0, 0.1) is 74.6 Å². The second-order valence-corrected chi connectivity index (χ2v) is 12.0. The molecule has 2 radical (unpaired) electrons. The number of rotatable bonds is 18. The largest absolute Gasteiger partial charge is 3.00 e. The van der Waals surface area contributed by atoms with Gasteiger partial charge in [-0.25, -0.2) is 0 Å². The zero-order valence-corrected chi connectivity index (χ0v) is 35.9. The molecule has 0 aromatic carbocycles. The average Bonchev–Trinajstić information content (AvgIpc) is 2.90. The van der Waals surface area contributed by atoms with Crippen LogP contribution in [-0.4, -0.2) is 133 Å². The molecule has 0 fully saturated rings. The Morgan fingerprint density at radius 2 is 0.393 bits per heavy atom. The third-order valence-corrected chi connectivity index (χ3v) is 7.99. The summed E-state index contributed by atoms with van der Waals surface area (Å²) in [5.41, 5.74) is 0. The van der Waals surface area contributed by atoms with Crippen LogP contribution in [0.5, 0.6) is 0 Å². The topological polar surface area (TPSA) is 705 Å². The molecule has 2 heterocycles. The van der Waals surface area contributed by atoms with Crippen molar-refractivity contribution in [2.45, 2.75) is 30.9 Å². The van der Waals surface area contributed by atoms with Gasteiger partial charge in [0.1, 0.15) is 0 Å². The van der Waals surface area contributed by atoms with Crippen molar-refractivity contribution >= 4 is 106 Å². The molecule has 0 atom stereocenters. The Balaban J connectivity index is -0.0000000420. The summed E-state index contributed by atoms with van der Waals surface area (Å²) >= 11 is 4.49. The molecule has 0 saturated carbocycles. The van der Waals surface area contributed by atoms with E-state index in [1.165, 1.54) is 0 Å². The van der Waals surface area contributed by atoms with Crippen LogP contribution in [0.4, 0.5) is 0 Å². The number of hydrogen-bond acceptors (Lipinski definition) is 24. The maximum absolute atomic E-state index is 10.4. The Hall–Kier alpha value is -1.05. The molecule has 0 aliphatic rings. The van der Waals surface area contributed by atoms with Gasteiger partial charge in [0.05, 0.1) is 35.8 Å². The molecule has 30 N–H and O–H groups in total. The van der Waals surface area contributed by atoms with Gasteiger partial charge in [-0.2, -0.15) is 29.9 Å². The van der Waals surface area contributed by atoms with Crippen molar-refractivity contribution < 1.29 is 200 Å². The smallest absolute Gasteiger partial charge is 0.549 e. The van der Waals surface area contributed by atoms with Gasteiger partial charge >= 0.3 is 74.6 Å². The second kappa shape index (κ2) is 54.0. The summed E-state index contributed by atoms with van der Waals surface area (Å²) in [5.74, 6) is -10.4. The number of carboxylic acids is 6. The van der Waals surface area contributed by atoms with Crippen LogP contribution in [0.25, 0.3) is 0 Å². The first kappa shape index (κ1) is 95.4. The van der Waals surface area contributed by atoms with Crippen molar-refractivity contribution in [3.05, 3.63) is 0 Å². The minimum absolute atomic E-state index is 0. The van der Waals surface area contributed by atoms with Crippen molar-refractivity contribution in [2.75, 3.05) is 34.5 Å². The molecule has 38 heteroatoms. The predicted molar refractivity (Wildman–Crippen MR) is 185 cm³/mol. The van der Waals surface area contributed by atoms with E-state index in [0.717, 1.165) is 70.6 Å². The van der Waals surface area contributed by atoms with Gasteiger partial charge in [-0.1, -0.05) is 70.6 Å². The fraction of sp³-hybridized carbons (Fsp3) is 0.333. The van der Waals surface area contributed by atoms with Crippen molar-refractivity contribution in [1.29, 1.82) is 0 Å². The minimum Gasteiger partial charge on any atom is -0.549 e. The van der Waals surface area contributed by atoms with Crippen LogP contribution in [0.3, 0.4) is 0 Å². The van der Waals surface area contributed by atoms with E-state index in [1.807, 2.05) is 0 Å². The van der Waals surface area contributed by atoms with Gasteiger partial charge in [0, 0.05) is 34.5 Å². The van der Waals surface area contributed by atoms with E-state index >= 15 is 0 Å². The van der Waals surface area contributed by atoms with Crippen molar-refractivity contribution in [3.63, 3.8) is 0 Å². The summed E-state index contributed by atoms with van der Waals surface area (Å²) in [4.78, 5) is 85.4. The quantitative estimate of drug-likeness (QED) is 0.0988.